The van der Waals surface area contributed by atoms with Crippen molar-refractivity contribution in [2.75, 3.05) is 17.7 Å². The molecule has 0 aliphatic rings. The lowest BCUT2D eigenvalue weighted by Crippen LogP contribution is -2.15. The largest absolute Gasteiger partial charge is 0.448 e. The normalized spacial score (nSPS) is 10.6. The number of benzene rings is 2. The summed E-state index contributed by atoms with van der Waals surface area (Å²) in [7, 11) is 0. The number of carbonyl (C=O) groups excluding carboxylic acids is 1. The number of anilines is 1. The van der Waals surface area contributed by atoms with Gasteiger partial charge in [0, 0.05) is 33.7 Å². The minimum absolute atomic E-state index is 0.362. The molecule has 0 saturated carbocycles. The van der Waals surface area contributed by atoms with Crippen LogP contribution in [0.4, 0.5) is 10.5 Å². The van der Waals surface area contributed by atoms with Gasteiger partial charge in [0.2, 0.25) is 0 Å². The molecule has 1 aromatic heterocycles. The zero-order valence-corrected chi connectivity index (χ0v) is 17.3. The first-order chi connectivity index (χ1) is 13.2. The second-order valence-electron chi connectivity index (χ2n) is 5.60. The zero-order chi connectivity index (χ0) is 18.9. The molecule has 1 N–H and O–H groups in total. The summed E-state index contributed by atoms with van der Waals surface area (Å²) >= 11 is 5.13. The van der Waals surface area contributed by atoms with Crippen molar-refractivity contribution < 1.29 is 9.53 Å². The molecule has 1 amide bonds. The van der Waals surface area contributed by atoms with Gasteiger partial charge >= 0.3 is 6.09 Å². The molecule has 1 heterocycles. The first-order valence-electron chi connectivity index (χ1n) is 8.45. The van der Waals surface area contributed by atoms with E-state index in [1.54, 1.807) is 34.9 Å². The van der Waals surface area contributed by atoms with Gasteiger partial charge < -0.3 is 4.74 Å². The van der Waals surface area contributed by atoms with E-state index < -0.39 is 6.09 Å². The summed E-state index contributed by atoms with van der Waals surface area (Å²) in [5.74, 6) is 1.62. The van der Waals surface area contributed by atoms with Crippen molar-refractivity contribution >= 4 is 46.6 Å². The van der Waals surface area contributed by atoms with E-state index in [2.05, 4.69) is 35.4 Å². The Labute approximate surface area is 171 Å². The average molecular weight is 417 g/mol. The fourth-order valence-electron chi connectivity index (χ4n) is 2.36. The van der Waals surface area contributed by atoms with E-state index in [0.717, 1.165) is 15.8 Å². The minimum atomic E-state index is -0.424. The Morgan fingerprint density at radius 3 is 2.78 bits per heavy atom. The second-order valence-corrected chi connectivity index (χ2v) is 8.86. The van der Waals surface area contributed by atoms with Gasteiger partial charge in [0.05, 0.1) is 0 Å². The van der Waals surface area contributed by atoms with E-state index in [9.17, 15) is 4.79 Å². The van der Waals surface area contributed by atoms with E-state index in [-0.39, 0.29) is 0 Å². The molecule has 0 radical (unpaired) electrons. The summed E-state index contributed by atoms with van der Waals surface area (Å²) in [6.07, 6.45) is 1.41. The topological polar surface area (TPSA) is 51.2 Å². The standard InChI is InChI=1S/C20H20N2O2S3/c1-15-16(14-27-20-21-10-12-26-20)6-5-9-18(15)25-13-11-24-19(23)22-17-7-3-2-4-8-17/h2-10,12H,11,13-14H2,1H3,(H,22,23). The molecular formula is C20H20N2O2S3. The van der Waals surface area contributed by atoms with Crippen LogP contribution in [0.15, 0.2) is 69.3 Å². The van der Waals surface area contributed by atoms with Crippen molar-refractivity contribution in [3.63, 3.8) is 0 Å². The maximum absolute atomic E-state index is 11.8. The highest BCUT2D eigenvalue weighted by atomic mass is 32.2. The number of carbonyl (C=O) groups is 1. The van der Waals surface area contributed by atoms with Gasteiger partial charge in [0.1, 0.15) is 10.9 Å². The van der Waals surface area contributed by atoms with Gasteiger partial charge in [-0.1, -0.05) is 42.1 Å². The van der Waals surface area contributed by atoms with Gasteiger partial charge in [0.15, 0.2) is 0 Å². The highest BCUT2D eigenvalue weighted by Gasteiger charge is 2.07. The summed E-state index contributed by atoms with van der Waals surface area (Å²) in [6.45, 7) is 2.50. The van der Waals surface area contributed by atoms with Crippen LogP contribution in [0, 0.1) is 6.92 Å². The van der Waals surface area contributed by atoms with Gasteiger partial charge in [-0.2, -0.15) is 0 Å². The molecule has 0 aliphatic carbocycles. The molecule has 0 aliphatic heterocycles. The van der Waals surface area contributed by atoms with Gasteiger partial charge in [-0.05, 0) is 36.2 Å². The Morgan fingerprint density at radius 1 is 1.15 bits per heavy atom. The summed E-state index contributed by atoms with van der Waals surface area (Å²) in [5.41, 5.74) is 3.32. The van der Waals surface area contributed by atoms with Crippen molar-refractivity contribution in [3.05, 3.63) is 71.2 Å². The smallest absolute Gasteiger partial charge is 0.411 e. The van der Waals surface area contributed by atoms with E-state index >= 15 is 0 Å². The summed E-state index contributed by atoms with van der Waals surface area (Å²) in [5, 5.41) is 4.71. The molecule has 0 unspecified atom stereocenters. The SMILES string of the molecule is Cc1c(CSc2nccs2)cccc1SCCOC(=O)Nc1ccccc1. The fourth-order valence-corrected chi connectivity index (χ4v) is 4.97. The van der Waals surface area contributed by atoms with Gasteiger partial charge in [-0.3, -0.25) is 5.32 Å². The highest BCUT2D eigenvalue weighted by molar-refractivity contribution is 8.00. The number of hydrogen-bond acceptors (Lipinski definition) is 6. The van der Waals surface area contributed by atoms with E-state index in [1.807, 2.05) is 41.9 Å². The van der Waals surface area contributed by atoms with Crippen LogP contribution in [0.2, 0.25) is 0 Å². The van der Waals surface area contributed by atoms with Gasteiger partial charge in [-0.25, -0.2) is 9.78 Å². The molecule has 0 spiro atoms. The highest BCUT2D eigenvalue weighted by Crippen LogP contribution is 2.30. The number of amides is 1. The predicted molar refractivity (Wildman–Crippen MR) is 115 cm³/mol. The number of ether oxygens (including phenoxy) is 1. The lowest BCUT2D eigenvalue weighted by Gasteiger charge is -2.11. The number of para-hydroxylation sites is 1. The number of thiazole rings is 1. The van der Waals surface area contributed by atoms with Crippen molar-refractivity contribution in [1.82, 2.24) is 4.98 Å². The van der Waals surface area contributed by atoms with Crippen LogP contribution in [0.3, 0.4) is 0 Å². The number of rotatable bonds is 8. The molecule has 0 atom stereocenters. The van der Waals surface area contributed by atoms with Gasteiger partial charge in [0.25, 0.3) is 0 Å². The van der Waals surface area contributed by atoms with Crippen LogP contribution in [0.5, 0.6) is 0 Å². The summed E-state index contributed by atoms with van der Waals surface area (Å²) in [4.78, 5) is 17.3. The Bertz CT molecular complexity index is 855. The lowest BCUT2D eigenvalue weighted by molar-refractivity contribution is 0.169. The third-order valence-corrected chi connectivity index (χ3v) is 6.89. The summed E-state index contributed by atoms with van der Waals surface area (Å²) in [6, 6.07) is 15.6. The molecule has 0 bridgehead atoms. The Kier molecular flexibility index (Phi) is 7.62. The first-order valence-corrected chi connectivity index (χ1v) is 11.3. The predicted octanol–water partition coefficient (Wildman–Crippen LogP) is 6.08. The lowest BCUT2D eigenvalue weighted by atomic mass is 10.1. The molecule has 2 aromatic carbocycles. The maximum Gasteiger partial charge on any atom is 0.411 e. The molecule has 7 heteroatoms. The number of aromatic nitrogens is 1. The van der Waals surface area contributed by atoms with Crippen molar-refractivity contribution in [1.29, 1.82) is 0 Å². The Morgan fingerprint density at radius 2 is 2.00 bits per heavy atom. The first kappa shape index (κ1) is 19.8. The van der Waals surface area contributed by atoms with E-state index in [0.29, 0.717) is 12.4 Å². The fraction of sp³-hybridized carbons (Fsp3) is 0.200. The van der Waals surface area contributed by atoms with Crippen LogP contribution in [0.1, 0.15) is 11.1 Å². The minimum Gasteiger partial charge on any atom is -0.448 e. The second kappa shape index (κ2) is 10.4. The zero-order valence-electron chi connectivity index (χ0n) is 14.9. The molecule has 3 aromatic rings. The molecule has 27 heavy (non-hydrogen) atoms. The Hall–Kier alpha value is -1.96. The third kappa shape index (κ3) is 6.30. The number of thioether (sulfide) groups is 2. The van der Waals surface area contributed by atoms with Gasteiger partial charge in [-0.15, -0.1) is 23.1 Å². The molecular weight excluding hydrogens is 396 g/mol. The van der Waals surface area contributed by atoms with Crippen molar-refractivity contribution in [2.45, 2.75) is 21.9 Å². The van der Waals surface area contributed by atoms with Crippen LogP contribution in [-0.4, -0.2) is 23.4 Å². The number of nitrogens with zero attached hydrogens (tertiary/aromatic N) is 1. The van der Waals surface area contributed by atoms with Crippen LogP contribution in [0.25, 0.3) is 0 Å². The van der Waals surface area contributed by atoms with E-state index in [1.165, 1.54) is 16.0 Å². The molecule has 3 rings (SSSR count). The maximum atomic E-state index is 11.8. The van der Waals surface area contributed by atoms with Crippen LogP contribution in [-0.2, 0) is 10.5 Å². The van der Waals surface area contributed by atoms with E-state index in [4.69, 9.17) is 4.74 Å². The van der Waals surface area contributed by atoms with Crippen molar-refractivity contribution in [3.8, 4) is 0 Å². The Balaban J connectivity index is 1.44. The average Bonchev–Trinajstić information content (AvgIpc) is 3.20. The third-order valence-electron chi connectivity index (χ3n) is 3.75. The molecule has 0 saturated heterocycles. The quantitative estimate of drug-likeness (QED) is 0.356. The number of nitrogens with one attached hydrogen (secondary N) is 1. The summed E-state index contributed by atoms with van der Waals surface area (Å²) < 4.78 is 6.34. The van der Waals surface area contributed by atoms with Crippen LogP contribution >= 0.6 is 34.9 Å². The molecule has 4 nitrogen and oxygen atoms in total. The monoisotopic (exact) mass is 416 g/mol. The molecule has 0 fully saturated rings. The van der Waals surface area contributed by atoms with Crippen molar-refractivity contribution in [2.24, 2.45) is 0 Å². The number of hydrogen-bond donors (Lipinski definition) is 1. The molecule has 140 valence electrons. The van der Waals surface area contributed by atoms with Crippen LogP contribution < -0.4 is 5.32 Å².